The minimum absolute atomic E-state index is 0.349. The Bertz CT molecular complexity index is 769. The Labute approximate surface area is 116 Å². The van der Waals surface area contributed by atoms with Gasteiger partial charge in [-0.05, 0) is 46.9 Å². The zero-order chi connectivity index (χ0) is 12.7. The second kappa shape index (κ2) is 4.27. The zero-order valence-electron chi connectivity index (χ0n) is 9.63. The summed E-state index contributed by atoms with van der Waals surface area (Å²) in [4.78, 5) is 11.8. The van der Waals surface area contributed by atoms with Crippen LogP contribution in [0.4, 0.5) is 0 Å². The van der Waals surface area contributed by atoms with Crippen molar-refractivity contribution in [3.63, 3.8) is 0 Å². The van der Waals surface area contributed by atoms with Crippen LogP contribution in [0.25, 0.3) is 11.1 Å². The Balaban J connectivity index is 2.11. The van der Waals surface area contributed by atoms with Crippen molar-refractivity contribution in [2.45, 2.75) is 6.54 Å². The molecular weight excluding hydrogens is 345 g/mol. The van der Waals surface area contributed by atoms with E-state index >= 15 is 0 Å². The van der Waals surface area contributed by atoms with Crippen LogP contribution in [0.3, 0.4) is 0 Å². The molecule has 5 nitrogen and oxygen atoms in total. The number of benzene rings is 1. The fraction of sp³-hybridized carbons (Fsp3) is 0.167. The molecule has 6 heteroatoms. The summed E-state index contributed by atoms with van der Waals surface area (Å²) in [7, 11) is 1.85. The normalized spacial score (nSPS) is 11.2. The van der Waals surface area contributed by atoms with Crippen LogP contribution in [0.5, 0.6) is 0 Å². The first kappa shape index (κ1) is 11.5. The van der Waals surface area contributed by atoms with Gasteiger partial charge in [0.25, 0.3) is 0 Å². The Morgan fingerprint density at radius 1 is 1.39 bits per heavy atom. The van der Waals surface area contributed by atoms with Crippen molar-refractivity contribution in [2.75, 3.05) is 0 Å². The second-order valence-electron chi connectivity index (χ2n) is 4.05. The number of aromatic nitrogens is 3. The summed E-state index contributed by atoms with van der Waals surface area (Å²) >= 11 is 2.19. The molecule has 92 valence electrons. The summed E-state index contributed by atoms with van der Waals surface area (Å²) < 4.78 is 9.57. The summed E-state index contributed by atoms with van der Waals surface area (Å²) in [5, 5.41) is 4.26. The van der Waals surface area contributed by atoms with E-state index in [1.807, 2.05) is 37.5 Å². The highest BCUT2D eigenvalue weighted by Crippen LogP contribution is 2.17. The first-order valence-electron chi connectivity index (χ1n) is 5.41. The van der Waals surface area contributed by atoms with Crippen molar-refractivity contribution in [2.24, 2.45) is 7.05 Å². The maximum absolute atomic E-state index is 11.8. The van der Waals surface area contributed by atoms with Crippen LogP contribution in [-0.4, -0.2) is 14.3 Å². The summed E-state index contributed by atoms with van der Waals surface area (Å²) in [6, 6.07) is 7.59. The van der Waals surface area contributed by atoms with Crippen LogP contribution >= 0.6 is 22.6 Å². The van der Waals surface area contributed by atoms with Gasteiger partial charge < -0.3 is 4.42 Å². The zero-order valence-corrected chi connectivity index (χ0v) is 11.8. The molecule has 0 aliphatic heterocycles. The Morgan fingerprint density at radius 3 is 2.94 bits per heavy atom. The summed E-state index contributed by atoms with van der Waals surface area (Å²) in [5.41, 5.74) is 2.25. The molecule has 0 fully saturated rings. The molecule has 0 atom stereocenters. The molecule has 0 radical (unpaired) electrons. The first-order valence-corrected chi connectivity index (χ1v) is 6.49. The molecule has 1 aromatic carbocycles. The third kappa shape index (κ3) is 1.96. The van der Waals surface area contributed by atoms with Crippen LogP contribution in [0.15, 0.2) is 39.7 Å². The quantitative estimate of drug-likeness (QED) is 0.661. The molecule has 18 heavy (non-hydrogen) atoms. The largest absolute Gasteiger partial charge is 0.420 e. The van der Waals surface area contributed by atoms with Gasteiger partial charge in [-0.15, -0.1) is 0 Å². The molecule has 0 spiro atoms. The van der Waals surface area contributed by atoms with Crippen molar-refractivity contribution in [1.82, 2.24) is 14.3 Å². The smallest absolute Gasteiger partial charge is 0.408 e. The predicted molar refractivity (Wildman–Crippen MR) is 75.5 cm³/mol. The second-order valence-corrected chi connectivity index (χ2v) is 5.29. The molecule has 0 bridgehead atoms. The van der Waals surface area contributed by atoms with Gasteiger partial charge in [-0.1, -0.05) is 0 Å². The van der Waals surface area contributed by atoms with Crippen molar-refractivity contribution >= 4 is 33.7 Å². The Morgan fingerprint density at radius 2 is 2.22 bits per heavy atom. The molecule has 3 rings (SSSR count). The first-order chi connectivity index (χ1) is 8.63. The number of oxazole rings is 1. The predicted octanol–water partition coefficient (Wildman–Crippen LogP) is 1.98. The van der Waals surface area contributed by atoms with Gasteiger partial charge in [0, 0.05) is 16.8 Å². The van der Waals surface area contributed by atoms with Crippen molar-refractivity contribution in [3.8, 4) is 0 Å². The van der Waals surface area contributed by atoms with E-state index in [-0.39, 0.29) is 5.76 Å². The highest BCUT2D eigenvalue weighted by Gasteiger charge is 2.10. The van der Waals surface area contributed by atoms with Gasteiger partial charge in [0.1, 0.15) is 0 Å². The molecule has 0 saturated heterocycles. The summed E-state index contributed by atoms with van der Waals surface area (Å²) in [6.45, 7) is 0.424. The fourth-order valence-corrected chi connectivity index (χ4v) is 2.36. The van der Waals surface area contributed by atoms with E-state index in [1.165, 1.54) is 0 Å². The van der Waals surface area contributed by atoms with Gasteiger partial charge in [-0.2, -0.15) is 5.10 Å². The number of hydrogen-bond acceptors (Lipinski definition) is 3. The van der Waals surface area contributed by atoms with E-state index in [2.05, 4.69) is 27.7 Å². The van der Waals surface area contributed by atoms with Gasteiger partial charge in [-0.3, -0.25) is 9.25 Å². The molecular formula is C12H10IN3O2. The van der Waals surface area contributed by atoms with Crippen LogP contribution in [-0.2, 0) is 13.6 Å². The Hall–Kier alpha value is -1.57. The molecule has 0 unspecified atom stereocenters. The van der Waals surface area contributed by atoms with Gasteiger partial charge in [0.2, 0.25) is 0 Å². The molecule has 2 aromatic heterocycles. The maximum atomic E-state index is 11.8. The van der Waals surface area contributed by atoms with E-state index in [0.717, 1.165) is 14.8 Å². The van der Waals surface area contributed by atoms with Gasteiger partial charge in [-0.25, -0.2) is 4.79 Å². The summed E-state index contributed by atoms with van der Waals surface area (Å²) in [5.74, 6) is -0.349. The summed E-state index contributed by atoms with van der Waals surface area (Å²) in [6.07, 6.45) is 1.85. The minimum Gasteiger partial charge on any atom is -0.408 e. The standard InChI is InChI=1S/C12H10IN3O2/c1-15-5-4-9(14-15)7-16-10-3-2-8(13)6-11(10)18-12(16)17/h2-6H,7H2,1H3. The van der Waals surface area contributed by atoms with Crippen molar-refractivity contribution in [1.29, 1.82) is 0 Å². The highest BCUT2D eigenvalue weighted by molar-refractivity contribution is 14.1. The van der Waals surface area contributed by atoms with E-state index in [9.17, 15) is 4.79 Å². The fourth-order valence-electron chi connectivity index (χ4n) is 1.90. The number of rotatable bonds is 2. The minimum atomic E-state index is -0.349. The number of aryl methyl sites for hydroxylation is 1. The van der Waals surface area contributed by atoms with Crippen molar-refractivity contribution < 1.29 is 4.42 Å². The van der Waals surface area contributed by atoms with Gasteiger partial charge in [0.05, 0.1) is 17.8 Å². The van der Waals surface area contributed by atoms with Crippen LogP contribution < -0.4 is 5.76 Å². The average molecular weight is 355 g/mol. The number of nitrogens with zero attached hydrogens (tertiary/aromatic N) is 3. The van der Waals surface area contributed by atoms with E-state index in [1.54, 1.807) is 9.25 Å². The lowest BCUT2D eigenvalue weighted by Gasteiger charge is -1.98. The van der Waals surface area contributed by atoms with E-state index in [0.29, 0.717) is 12.1 Å². The van der Waals surface area contributed by atoms with Gasteiger partial charge >= 0.3 is 5.76 Å². The number of halogens is 1. The van der Waals surface area contributed by atoms with E-state index < -0.39 is 0 Å². The molecule has 0 N–H and O–H groups in total. The van der Waals surface area contributed by atoms with Crippen LogP contribution in [0, 0.1) is 3.57 Å². The van der Waals surface area contributed by atoms with Crippen molar-refractivity contribution in [3.05, 3.63) is 50.3 Å². The monoisotopic (exact) mass is 355 g/mol. The van der Waals surface area contributed by atoms with E-state index in [4.69, 9.17) is 4.42 Å². The number of hydrogen-bond donors (Lipinski definition) is 0. The maximum Gasteiger partial charge on any atom is 0.420 e. The lowest BCUT2D eigenvalue weighted by Crippen LogP contribution is -2.15. The molecule has 0 aliphatic rings. The SMILES string of the molecule is Cn1ccc(Cn2c(=O)oc3cc(I)ccc32)n1. The molecule has 0 amide bonds. The molecule has 0 aliphatic carbocycles. The topological polar surface area (TPSA) is 53.0 Å². The van der Waals surface area contributed by atoms with Crippen LogP contribution in [0.1, 0.15) is 5.69 Å². The molecule has 2 heterocycles. The average Bonchev–Trinajstić information content (AvgIpc) is 2.84. The third-order valence-electron chi connectivity index (χ3n) is 2.72. The Kier molecular flexibility index (Phi) is 2.73. The highest BCUT2D eigenvalue weighted by atomic mass is 127. The number of fused-ring (bicyclic) bond motifs is 1. The molecule has 3 aromatic rings. The third-order valence-corrected chi connectivity index (χ3v) is 3.39. The van der Waals surface area contributed by atoms with Gasteiger partial charge in [0.15, 0.2) is 5.58 Å². The lowest BCUT2D eigenvalue weighted by molar-refractivity contribution is 0.515. The lowest BCUT2D eigenvalue weighted by atomic mass is 10.3. The molecule has 0 saturated carbocycles. The van der Waals surface area contributed by atoms with Crippen LogP contribution in [0.2, 0.25) is 0 Å².